The first-order valence-electron chi connectivity index (χ1n) is 5.53. The van der Waals surface area contributed by atoms with Crippen molar-refractivity contribution in [2.75, 3.05) is 0 Å². The Kier molecular flexibility index (Phi) is 3.03. The number of aliphatic hydroxyl groups excluding tert-OH is 1. The first kappa shape index (κ1) is 11.0. The zero-order valence-electron chi connectivity index (χ0n) is 9.20. The number of hydrogen-bond acceptors (Lipinski definition) is 1. The standard InChI is InChI=1S/C13H17ClO/c1-8-3-4-11(7-12(8)14)13(15)9(2)10-5-6-10/h3-4,7,9-10,13,15H,5-6H2,1-2H3. The molecular formula is C13H17ClO. The largest absolute Gasteiger partial charge is 0.388 e. The van der Waals surface area contributed by atoms with Crippen LogP contribution < -0.4 is 0 Å². The van der Waals surface area contributed by atoms with Gasteiger partial charge in [0.1, 0.15) is 0 Å². The summed E-state index contributed by atoms with van der Waals surface area (Å²) in [5, 5.41) is 10.9. The van der Waals surface area contributed by atoms with Crippen LogP contribution in [0, 0.1) is 18.8 Å². The van der Waals surface area contributed by atoms with E-state index in [9.17, 15) is 5.11 Å². The molecule has 2 atom stereocenters. The monoisotopic (exact) mass is 224 g/mol. The van der Waals surface area contributed by atoms with E-state index in [0.717, 1.165) is 16.1 Å². The van der Waals surface area contributed by atoms with Gasteiger partial charge in [-0.2, -0.15) is 0 Å². The van der Waals surface area contributed by atoms with Crippen LogP contribution >= 0.6 is 11.6 Å². The summed E-state index contributed by atoms with van der Waals surface area (Å²) < 4.78 is 0. The van der Waals surface area contributed by atoms with Gasteiger partial charge in [-0.25, -0.2) is 0 Å². The lowest BCUT2D eigenvalue weighted by atomic mass is 9.93. The van der Waals surface area contributed by atoms with Gasteiger partial charge in [0, 0.05) is 5.02 Å². The number of benzene rings is 1. The van der Waals surface area contributed by atoms with Crippen molar-refractivity contribution in [2.45, 2.75) is 32.8 Å². The number of rotatable bonds is 3. The van der Waals surface area contributed by atoms with Crippen molar-refractivity contribution < 1.29 is 5.11 Å². The summed E-state index contributed by atoms with van der Waals surface area (Å²) in [6, 6.07) is 5.84. The van der Waals surface area contributed by atoms with Gasteiger partial charge in [-0.3, -0.25) is 0 Å². The van der Waals surface area contributed by atoms with Crippen molar-refractivity contribution in [3.8, 4) is 0 Å². The summed E-state index contributed by atoms with van der Waals surface area (Å²) in [6.45, 7) is 4.10. The van der Waals surface area contributed by atoms with Crippen LogP contribution in [-0.2, 0) is 0 Å². The second kappa shape index (κ2) is 4.15. The van der Waals surface area contributed by atoms with E-state index in [1.54, 1.807) is 0 Å². The summed E-state index contributed by atoms with van der Waals surface area (Å²) in [5.41, 5.74) is 2.01. The molecule has 0 saturated heterocycles. The number of hydrogen-bond donors (Lipinski definition) is 1. The van der Waals surface area contributed by atoms with E-state index in [1.165, 1.54) is 12.8 Å². The maximum atomic E-state index is 10.2. The van der Waals surface area contributed by atoms with Gasteiger partial charge in [-0.1, -0.05) is 30.7 Å². The van der Waals surface area contributed by atoms with E-state index in [4.69, 9.17) is 11.6 Å². The molecule has 1 aromatic carbocycles. The van der Waals surface area contributed by atoms with Crippen molar-refractivity contribution in [1.82, 2.24) is 0 Å². The molecule has 1 aliphatic rings. The lowest BCUT2D eigenvalue weighted by Crippen LogP contribution is -2.11. The summed E-state index contributed by atoms with van der Waals surface area (Å²) in [5.74, 6) is 1.06. The second-order valence-electron chi connectivity index (χ2n) is 4.65. The molecule has 0 amide bonds. The second-order valence-corrected chi connectivity index (χ2v) is 5.06. The van der Waals surface area contributed by atoms with Crippen LogP contribution in [0.25, 0.3) is 0 Å². The highest BCUT2D eigenvalue weighted by Gasteiger charge is 2.33. The highest BCUT2D eigenvalue weighted by Crippen LogP contribution is 2.42. The molecule has 15 heavy (non-hydrogen) atoms. The van der Waals surface area contributed by atoms with Gasteiger partial charge in [0.15, 0.2) is 0 Å². The van der Waals surface area contributed by atoms with Gasteiger partial charge < -0.3 is 5.11 Å². The van der Waals surface area contributed by atoms with Crippen LogP contribution in [0.15, 0.2) is 18.2 Å². The normalized spacial score (nSPS) is 20.0. The number of halogens is 1. The summed E-state index contributed by atoms with van der Waals surface area (Å²) >= 11 is 6.05. The highest BCUT2D eigenvalue weighted by molar-refractivity contribution is 6.31. The van der Waals surface area contributed by atoms with Crippen molar-refractivity contribution in [3.05, 3.63) is 34.3 Å². The van der Waals surface area contributed by atoms with Gasteiger partial charge in [-0.15, -0.1) is 0 Å². The smallest absolute Gasteiger partial charge is 0.0818 e. The molecule has 0 aliphatic heterocycles. The van der Waals surface area contributed by atoms with Gasteiger partial charge in [0.05, 0.1) is 6.10 Å². The Morgan fingerprint density at radius 1 is 1.40 bits per heavy atom. The zero-order valence-corrected chi connectivity index (χ0v) is 9.96. The molecule has 1 fully saturated rings. The third kappa shape index (κ3) is 2.35. The van der Waals surface area contributed by atoms with Crippen molar-refractivity contribution in [1.29, 1.82) is 0 Å². The van der Waals surface area contributed by atoms with E-state index in [1.807, 2.05) is 25.1 Å². The van der Waals surface area contributed by atoms with Gasteiger partial charge in [-0.05, 0) is 48.8 Å². The van der Waals surface area contributed by atoms with E-state index in [0.29, 0.717) is 11.8 Å². The third-order valence-corrected chi connectivity index (χ3v) is 3.81. The Balaban J connectivity index is 2.17. The first-order chi connectivity index (χ1) is 7.09. The number of aliphatic hydroxyl groups is 1. The molecule has 1 saturated carbocycles. The lowest BCUT2D eigenvalue weighted by Gasteiger charge is -2.19. The molecule has 2 rings (SSSR count). The van der Waals surface area contributed by atoms with Crippen LogP contribution in [0.2, 0.25) is 5.02 Å². The van der Waals surface area contributed by atoms with Gasteiger partial charge >= 0.3 is 0 Å². The predicted molar refractivity (Wildman–Crippen MR) is 63.0 cm³/mol. The minimum atomic E-state index is -0.365. The van der Waals surface area contributed by atoms with Gasteiger partial charge in [0.2, 0.25) is 0 Å². The summed E-state index contributed by atoms with van der Waals surface area (Å²) in [4.78, 5) is 0. The fourth-order valence-corrected chi connectivity index (χ4v) is 2.17. The third-order valence-electron chi connectivity index (χ3n) is 3.40. The molecule has 0 spiro atoms. The molecule has 82 valence electrons. The maximum Gasteiger partial charge on any atom is 0.0818 e. The molecule has 1 N–H and O–H groups in total. The average molecular weight is 225 g/mol. The maximum absolute atomic E-state index is 10.2. The molecule has 2 heteroatoms. The lowest BCUT2D eigenvalue weighted by molar-refractivity contribution is 0.106. The van der Waals surface area contributed by atoms with E-state index in [-0.39, 0.29) is 6.10 Å². The first-order valence-corrected chi connectivity index (χ1v) is 5.91. The average Bonchev–Trinajstić information content (AvgIpc) is 3.03. The summed E-state index contributed by atoms with van der Waals surface area (Å²) in [7, 11) is 0. The van der Waals surface area contributed by atoms with Crippen LogP contribution in [0.3, 0.4) is 0 Å². The number of aryl methyl sites for hydroxylation is 1. The fourth-order valence-electron chi connectivity index (χ4n) is 1.98. The molecule has 0 radical (unpaired) electrons. The van der Waals surface area contributed by atoms with E-state index >= 15 is 0 Å². The Hall–Kier alpha value is -0.530. The minimum absolute atomic E-state index is 0.351. The molecule has 0 aromatic heterocycles. The topological polar surface area (TPSA) is 20.2 Å². The predicted octanol–water partition coefficient (Wildman–Crippen LogP) is 3.73. The molecule has 1 aliphatic carbocycles. The van der Waals surface area contributed by atoms with Crippen LogP contribution in [0.4, 0.5) is 0 Å². The van der Waals surface area contributed by atoms with Crippen LogP contribution in [0.1, 0.15) is 37.0 Å². The molecule has 0 bridgehead atoms. The Labute approximate surface area is 96.1 Å². The van der Waals surface area contributed by atoms with Crippen molar-refractivity contribution in [2.24, 2.45) is 11.8 Å². The van der Waals surface area contributed by atoms with Crippen molar-refractivity contribution >= 4 is 11.6 Å². The molecule has 1 aromatic rings. The van der Waals surface area contributed by atoms with Crippen LogP contribution in [0.5, 0.6) is 0 Å². The van der Waals surface area contributed by atoms with E-state index in [2.05, 4.69) is 6.92 Å². The van der Waals surface area contributed by atoms with Crippen molar-refractivity contribution in [3.63, 3.8) is 0 Å². The van der Waals surface area contributed by atoms with Gasteiger partial charge in [0.25, 0.3) is 0 Å². The molecular weight excluding hydrogens is 208 g/mol. The minimum Gasteiger partial charge on any atom is -0.388 e. The molecule has 0 heterocycles. The Bertz CT molecular complexity index is 358. The molecule has 1 nitrogen and oxygen atoms in total. The zero-order chi connectivity index (χ0) is 11.0. The highest BCUT2D eigenvalue weighted by atomic mass is 35.5. The summed E-state index contributed by atoms with van der Waals surface area (Å²) in [6.07, 6.45) is 2.16. The fraction of sp³-hybridized carbons (Fsp3) is 0.538. The molecule has 2 unspecified atom stereocenters. The van der Waals surface area contributed by atoms with Crippen LogP contribution in [-0.4, -0.2) is 5.11 Å². The quantitative estimate of drug-likeness (QED) is 0.830. The Morgan fingerprint density at radius 3 is 2.60 bits per heavy atom. The Morgan fingerprint density at radius 2 is 2.07 bits per heavy atom. The SMILES string of the molecule is Cc1ccc(C(O)C(C)C2CC2)cc1Cl. The van der Waals surface area contributed by atoms with E-state index < -0.39 is 0 Å².